The van der Waals surface area contributed by atoms with Crippen LogP contribution in [0.2, 0.25) is 0 Å². The summed E-state index contributed by atoms with van der Waals surface area (Å²) < 4.78 is 24.3. The Kier molecular flexibility index (Phi) is 9.03. The number of likely N-dealkylation sites (tertiary alicyclic amines) is 2. The first-order valence-electron chi connectivity index (χ1n) is 17.1. The molecule has 0 saturated carbocycles. The Bertz CT molecular complexity index is 1900. The number of aromatic nitrogens is 1. The van der Waals surface area contributed by atoms with Crippen LogP contribution in [-0.4, -0.2) is 85.8 Å². The van der Waals surface area contributed by atoms with Crippen molar-refractivity contribution in [2.24, 2.45) is 5.92 Å². The normalized spacial score (nSPS) is 20.7. The number of ether oxygens (including phenoxy) is 4. The third kappa shape index (κ3) is 5.56. The highest BCUT2D eigenvalue weighted by Gasteiger charge is 2.64. The van der Waals surface area contributed by atoms with Gasteiger partial charge in [-0.05, 0) is 84.3 Å². The molecule has 0 N–H and O–H groups in total. The Morgan fingerprint density at radius 1 is 0.780 bits per heavy atom. The number of rotatable bonds is 10. The van der Waals surface area contributed by atoms with Crippen LogP contribution in [0.15, 0.2) is 78.9 Å². The molecular formula is C40H43N3O7. The second kappa shape index (κ2) is 13.6. The fraction of sp³-hybridized carbons (Fsp3) is 0.375. The molecule has 10 nitrogen and oxygen atoms in total. The van der Waals surface area contributed by atoms with E-state index in [4.69, 9.17) is 18.9 Å². The Morgan fingerprint density at radius 3 is 2.14 bits per heavy atom. The maximum Gasteiger partial charge on any atom is 0.332 e. The predicted octanol–water partition coefficient (Wildman–Crippen LogP) is 5.36. The quantitative estimate of drug-likeness (QED) is 0.208. The van der Waals surface area contributed by atoms with E-state index in [2.05, 4.69) is 4.57 Å². The first-order valence-corrected chi connectivity index (χ1v) is 17.1. The highest BCUT2D eigenvalue weighted by molar-refractivity contribution is 6.00. The van der Waals surface area contributed by atoms with Gasteiger partial charge < -0.3 is 33.3 Å². The summed E-state index contributed by atoms with van der Waals surface area (Å²) in [6, 6.07) is 24.5. The van der Waals surface area contributed by atoms with Crippen LogP contribution < -0.4 is 14.2 Å². The van der Waals surface area contributed by atoms with Gasteiger partial charge in [-0.3, -0.25) is 9.59 Å². The maximum absolute atomic E-state index is 14.5. The number of carbonyl (C=O) groups excluding carboxylic acids is 3. The Balaban J connectivity index is 1.39. The summed E-state index contributed by atoms with van der Waals surface area (Å²) >= 11 is 0. The number of hydrogen-bond donors (Lipinski definition) is 0. The highest BCUT2D eigenvalue weighted by atomic mass is 16.5. The Morgan fingerprint density at radius 2 is 1.48 bits per heavy atom. The van der Waals surface area contributed by atoms with Gasteiger partial charge in [0, 0.05) is 49.8 Å². The molecule has 1 aliphatic carbocycles. The van der Waals surface area contributed by atoms with Crippen LogP contribution in [0, 0.1) is 5.92 Å². The lowest BCUT2D eigenvalue weighted by molar-refractivity contribution is -0.153. The molecule has 3 aliphatic rings. The fourth-order valence-electron chi connectivity index (χ4n) is 8.46. The van der Waals surface area contributed by atoms with Crippen molar-refractivity contribution < 1.29 is 33.3 Å². The Labute approximate surface area is 292 Å². The number of amides is 2. The first kappa shape index (κ1) is 33.3. The van der Waals surface area contributed by atoms with E-state index >= 15 is 0 Å². The molecule has 2 aliphatic heterocycles. The van der Waals surface area contributed by atoms with Crippen molar-refractivity contribution in [3.63, 3.8) is 0 Å². The van der Waals surface area contributed by atoms with E-state index in [1.807, 2.05) is 71.6 Å². The molecule has 2 amide bonds. The number of hydrogen-bond acceptors (Lipinski definition) is 7. The van der Waals surface area contributed by atoms with Crippen LogP contribution in [0.4, 0.5) is 0 Å². The average molecular weight is 678 g/mol. The molecule has 10 heteroatoms. The van der Waals surface area contributed by atoms with Crippen LogP contribution >= 0.6 is 0 Å². The van der Waals surface area contributed by atoms with Crippen molar-refractivity contribution in [3.05, 3.63) is 113 Å². The zero-order chi connectivity index (χ0) is 35.0. The summed E-state index contributed by atoms with van der Waals surface area (Å²) in [4.78, 5) is 46.8. The summed E-state index contributed by atoms with van der Waals surface area (Å²) in [6.07, 6.45) is 2.77. The lowest BCUT2D eigenvalue weighted by Gasteiger charge is -2.40. The molecule has 2 fully saturated rings. The molecule has 4 aromatic rings. The summed E-state index contributed by atoms with van der Waals surface area (Å²) in [6.45, 7) is 2.21. The highest BCUT2D eigenvalue weighted by Crippen LogP contribution is 2.55. The zero-order valence-corrected chi connectivity index (χ0v) is 29.0. The van der Waals surface area contributed by atoms with E-state index in [0.717, 1.165) is 35.2 Å². The molecule has 3 aromatic carbocycles. The molecule has 0 bridgehead atoms. The zero-order valence-electron chi connectivity index (χ0n) is 29.0. The minimum atomic E-state index is -1.37. The minimum absolute atomic E-state index is 0.0250. The SMILES string of the molecule is COC(=O)[C@@]1(Cc2ccc(OC)cc2)[C@H]2c3cc(C(=O)N4CCCC4)n(Cc4ccc(OC)c(OC)c4)c3C[C@H]2CN1C(=O)c1ccccc1. The summed E-state index contributed by atoms with van der Waals surface area (Å²) in [5, 5.41) is 0. The number of fused-ring (bicyclic) bond motifs is 3. The fourth-order valence-corrected chi connectivity index (χ4v) is 8.46. The molecule has 3 heterocycles. The second-order valence-corrected chi connectivity index (χ2v) is 13.4. The lowest BCUT2D eigenvalue weighted by Crippen LogP contribution is -2.58. The van der Waals surface area contributed by atoms with Crippen LogP contribution in [0.25, 0.3) is 0 Å². The molecule has 3 atom stereocenters. The van der Waals surface area contributed by atoms with Gasteiger partial charge >= 0.3 is 5.97 Å². The van der Waals surface area contributed by atoms with Gasteiger partial charge in [0.05, 0.1) is 28.4 Å². The van der Waals surface area contributed by atoms with Gasteiger partial charge in [0.25, 0.3) is 11.8 Å². The topological polar surface area (TPSA) is 99.5 Å². The lowest BCUT2D eigenvalue weighted by atomic mass is 9.75. The summed E-state index contributed by atoms with van der Waals surface area (Å²) in [5.74, 6) is 0.732. The van der Waals surface area contributed by atoms with E-state index in [-0.39, 0.29) is 24.2 Å². The standard InChI is InChI=1S/C40H43N3O7/c1-47-30-15-12-26(13-16-30)23-40(39(46)50-4)36-29(25-43(40)37(44)28-10-6-5-7-11-28)21-32-31(36)22-33(38(45)41-18-8-9-19-41)42(32)24-27-14-17-34(48-2)35(20-27)49-3/h5-7,10-17,20,22,29,36H,8-9,18-19,21,23-25H2,1-4H3/t29-,36+,40+/m0/s1. The maximum atomic E-state index is 14.5. The summed E-state index contributed by atoms with van der Waals surface area (Å²) in [5.41, 5.74) is 3.47. The van der Waals surface area contributed by atoms with Gasteiger partial charge in [0.2, 0.25) is 0 Å². The van der Waals surface area contributed by atoms with Crippen LogP contribution in [0.1, 0.15) is 62.0 Å². The van der Waals surface area contributed by atoms with E-state index in [1.54, 1.807) is 38.4 Å². The van der Waals surface area contributed by atoms with Crippen LogP contribution in [-0.2, 0) is 28.9 Å². The second-order valence-electron chi connectivity index (χ2n) is 13.4. The summed E-state index contributed by atoms with van der Waals surface area (Å²) in [7, 11) is 6.21. The van der Waals surface area contributed by atoms with Crippen molar-refractivity contribution in [1.29, 1.82) is 0 Å². The van der Waals surface area contributed by atoms with Gasteiger partial charge in [0.15, 0.2) is 17.0 Å². The molecule has 1 aromatic heterocycles. The molecule has 0 radical (unpaired) electrons. The van der Waals surface area contributed by atoms with Gasteiger partial charge in [-0.15, -0.1) is 0 Å². The largest absolute Gasteiger partial charge is 0.497 e. The number of carbonyl (C=O) groups is 3. The molecule has 7 rings (SSSR count). The number of benzene rings is 3. The molecule has 0 spiro atoms. The molecule has 50 heavy (non-hydrogen) atoms. The smallest absolute Gasteiger partial charge is 0.332 e. The monoisotopic (exact) mass is 677 g/mol. The van der Waals surface area contributed by atoms with Crippen molar-refractivity contribution in [3.8, 4) is 17.2 Å². The Hall–Kier alpha value is -5.25. The van der Waals surface area contributed by atoms with Crippen molar-refractivity contribution in [1.82, 2.24) is 14.4 Å². The molecule has 260 valence electrons. The minimum Gasteiger partial charge on any atom is -0.497 e. The number of esters is 1. The van der Waals surface area contributed by atoms with E-state index in [1.165, 1.54) is 7.11 Å². The number of methoxy groups -OCH3 is 4. The van der Waals surface area contributed by atoms with Gasteiger partial charge in [-0.1, -0.05) is 36.4 Å². The third-order valence-electron chi connectivity index (χ3n) is 10.8. The first-order chi connectivity index (χ1) is 24.3. The average Bonchev–Trinajstić information content (AvgIpc) is 3.95. The molecule has 0 unspecified atom stereocenters. The van der Waals surface area contributed by atoms with E-state index < -0.39 is 17.4 Å². The predicted molar refractivity (Wildman–Crippen MR) is 187 cm³/mol. The van der Waals surface area contributed by atoms with E-state index in [9.17, 15) is 14.4 Å². The van der Waals surface area contributed by atoms with Crippen LogP contribution in [0.3, 0.4) is 0 Å². The van der Waals surface area contributed by atoms with Crippen molar-refractivity contribution in [2.75, 3.05) is 48.1 Å². The van der Waals surface area contributed by atoms with E-state index in [0.29, 0.717) is 61.1 Å². The number of nitrogens with zero attached hydrogens (tertiary/aromatic N) is 3. The third-order valence-corrected chi connectivity index (χ3v) is 10.8. The molecule has 2 saturated heterocycles. The van der Waals surface area contributed by atoms with Gasteiger partial charge in [-0.2, -0.15) is 0 Å². The van der Waals surface area contributed by atoms with Crippen molar-refractivity contribution in [2.45, 2.75) is 43.7 Å². The molecular weight excluding hydrogens is 634 g/mol. The van der Waals surface area contributed by atoms with Gasteiger partial charge in [0.1, 0.15) is 11.4 Å². The van der Waals surface area contributed by atoms with Crippen LogP contribution in [0.5, 0.6) is 17.2 Å². The van der Waals surface area contributed by atoms with Gasteiger partial charge in [-0.25, -0.2) is 4.79 Å². The van der Waals surface area contributed by atoms with Crippen molar-refractivity contribution >= 4 is 17.8 Å².